The second-order valence-corrected chi connectivity index (χ2v) is 5.58. The van der Waals surface area contributed by atoms with Gasteiger partial charge in [-0.3, -0.25) is 0 Å². The average molecular weight is 298 g/mol. The van der Waals surface area contributed by atoms with E-state index in [9.17, 15) is 0 Å². The van der Waals surface area contributed by atoms with E-state index in [-0.39, 0.29) is 0 Å². The fourth-order valence-corrected chi connectivity index (χ4v) is 2.56. The molecule has 0 spiro atoms. The number of rotatable bonds is 8. The molecule has 1 rings (SSSR count). The van der Waals surface area contributed by atoms with Crippen molar-refractivity contribution in [3.63, 3.8) is 0 Å². The van der Waals surface area contributed by atoms with E-state index in [0.717, 1.165) is 6.42 Å². The topological polar surface area (TPSA) is 12.0 Å². The normalized spacial score (nSPS) is 12.6. The summed E-state index contributed by atoms with van der Waals surface area (Å²) >= 11 is 3.53. The van der Waals surface area contributed by atoms with Crippen molar-refractivity contribution >= 4 is 15.9 Å². The molecule has 1 nitrogen and oxygen atoms in total. The first-order valence-corrected chi connectivity index (χ1v) is 7.47. The molecule has 0 aliphatic carbocycles. The fourth-order valence-electron chi connectivity index (χ4n) is 2.11. The highest BCUT2D eigenvalue weighted by Crippen LogP contribution is 2.15. The Balaban J connectivity index is 2.35. The van der Waals surface area contributed by atoms with Gasteiger partial charge in [-0.1, -0.05) is 60.7 Å². The van der Waals surface area contributed by atoms with E-state index in [0.29, 0.717) is 6.04 Å². The Labute approximate surface area is 114 Å². The number of likely N-dealkylation sites (N-methyl/N-ethyl adjacent to an activating group) is 1. The van der Waals surface area contributed by atoms with Crippen molar-refractivity contribution in [3.8, 4) is 0 Å². The van der Waals surface area contributed by atoms with Crippen molar-refractivity contribution in [1.29, 1.82) is 0 Å². The largest absolute Gasteiger partial charge is 0.317 e. The Morgan fingerprint density at radius 2 is 2.06 bits per heavy atom. The van der Waals surface area contributed by atoms with E-state index in [1.165, 1.54) is 42.1 Å². The Bertz CT molecular complexity index is 312. The van der Waals surface area contributed by atoms with Crippen LogP contribution in [0.15, 0.2) is 28.7 Å². The lowest BCUT2D eigenvalue weighted by Gasteiger charge is -2.16. The van der Waals surface area contributed by atoms with Gasteiger partial charge in [0.25, 0.3) is 0 Å². The molecule has 0 heterocycles. The summed E-state index contributed by atoms with van der Waals surface area (Å²) in [5.41, 5.74) is 1.41. The number of unbranched alkanes of at least 4 members (excludes halogenated alkanes) is 3. The van der Waals surface area contributed by atoms with Crippen LogP contribution in [0.4, 0.5) is 0 Å². The molecule has 1 aromatic carbocycles. The zero-order valence-electron chi connectivity index (χ0n) is 11.0. The molecule has 0 radical (unpaired) electrons. The van der Waals surface area contributed by atoms with Crippen LogP contribution in [0, 0.1) is 0 Å². The summed E-state index contributed by atoms with van der Waals surface area (Å²) in [5, 5.41) is 3.43. The molecule has 0 saturated heterocycles. The minimum atomic E-state index is 0.612. The molecular weight excluding hydrogens is 274 g/mol. The van der Waals surface area contributed by atoms with Gasteiger partial charge < -0.3 is 5.32 Å². The highest BCUT2D eigenvalue weighted by molar-refractivity contribution is 9.10. The second-order valence-electron chi connectivity index (χ2n) is 4.67. The van der Waals surface area contributed by atoms with Crippen molar-refractivity contribution < 1.29 is 0 Å². The van der Waals surface area contributed by atoms with E-state index in [2.05, 4.69) is 59.5 Å². The molecular formula is C15H24BrN. The minimum absolute atomic E-state index is 0.612. The van der Waals surface area contributed by atoms with E-state index >= 15 is 0 Å². The molecule has 0 aromatic heterocycles. The minimum Gasteiger partial charge on any atom is -0.317 e. The van der Waals surface area contributed by atoms with Crippen molar-refractivity contribution in [1.82, 2.24) is 5.32 Å². The maximum absolute atomic E-state index is 3.53. The molecule has 0 amide bonds. The van der Waals surface area contributed by atoms with Gasteiger partial charge in [-0.25, -0.2) is 0 Å². The summed E-state index contributed by atoms with van der Waals surface area (Å²) in [6.45, 7) is 2.26. The number of nitrogens with one attached hydrogen (secondary N) is 1. The van der Waals surface area contributed by atoms with Crippen LogP contribution >= 0.6 is 15.9 Å². The van der Waals surface area contributed by atoms with Gasteiger partial charge in [0.2, 0.25) is 0 Å². The maximum atomic E-state index is 3.53. The van der Waals surface area contributed by atoms with Gasteiger partial charge in [-0.05, 0) is 37.6 Å². The number of hydrogen-bond acceptors (Lipinski definition) is 1. The van der Waals surface area contributed by atoms with Crippen LogP contribution in [0.3, 0.4) is 0 Å². The van der Waals surface area contributed by atoms with Gasteiger partial charge in [-0.15, -0.1) is 0 Å². The van der Waals surface area contributed by atoms with Crippen LogP contribution in [0.25, 0.3) is 0 Å². The van der Waals surface area contributed by atoms with Crippen molar-refractivity contribution in [3.05, 3.63) is 34.3 Å². The standard InChI is InChI=1S/C15H24BrN/c1-3-4-5-6-10-15(17-2)12-13-8-7-9-14(16)11-13/h7-9,11,15,17H,3-6,10,12H2,1-2H3. The van der Waals surface area contributed by atoms with E-state index in [4.69, 9.17) is 0 Å². The number of benzene rings is 1. The number of hydrogen-bond donors (Lipinski definition) is 1. The van der Waals surface area contributed by atoms with Gasteiger partial charge in [0.05, 0.1) is 0 Å². The molecule has 0 saturated carbocycles. The first kappa shape index (κ1) is 14.7. The molecule has 0 bridgehead atoms. The molecule has 0 aliphatic heterocycles. The van der Waals surface area contributed by atoms with Gasteiger partial charge in [0.15, 0.2) is 0 Å². The summed E-state index contributed by atoms with van der Waals surface area (Å²) < 4.78 is 1.18. The zero-order chi connectivity index (χ0) is 12.5. The molecule has 1 N–H and O–H groups in total. The molecule has 2 heteroatoms. The van der Waals surface area contributed by atoms with E-state index in [1.807, 2.05) is 0 Å². The smallest absolute Gasteiger partial charge is 0.0178 e. The summed E-state index contributed by atoms with van der Waals surface area (Å²) in [4.78, 5) is 0. The molecule has 1 unspecified atom stereocenters. The van der Waals surface area contributed by atoms with Gasteiger partial charge >= 0.3 is 0 Å². The highest BCUT2D eigenvalue weighted by atomic mass is 79.9. The molecule has 1 aromatic rings. The lowest BCUT2D eigenvalue weighted by molar-refractivity contribution is 0.485. The summed E-state index contributed by atoms with van der Waals surface area (Å²) in [7, 11) is 2.07. The molecule has 17 heavy (non-hydrogen) atoms. The fraction of sp³-hybridized carbons (Fsp3) is 0.600. The predicted octanol–water partition coefficient (Wildman–Crippen LogP) is 4.55. The van der Waals surface area contributed by atoms with Crippen LogP contribution in [-0.4, -0.2) is 13.1 Å². The third-order valence-electron chi connectivity index (χ3n) is 3.19. The van der Waals surface area contributed by atoms with Gasteiger partial charge in [0.1, 0.15) is 0 Å². The third-order valence-corrected chi connectivity index (χ3v) is 3.68. The molecule has 0 aliphatic rings. The first-order chi connectivity index (χ1) is 8.26. The Kier molecular flexibility index (Phi) is 7.54. The Morgan fingerprint density at radius 1 is 1.24 bits per heavy atom. The van der Waals surface area contributed by atoms with Crippen LogP contribution in [0.2, 0.25) is 0 Å². The quantitative estimate of drug-likeness (QED) is 0.694. The zero-order valence-corrected chi connectivity index (χ0v) is 12.6. The monoisotopic (exact) mass is 297 g/mol. The van der Waals surface area contributed by atoms with Crippen molar-refractivity contribution in [2.24, 2.45) is 0 Å². The van der Waals surface area contributed by atoms with E-state index in [1.54, 1.807) is 0 Å². The SMILES string of the molecule is CCCCCCC(Cc1cccc(Br)c1)NC. The Hall–Kier alpha value is -0.340. The van der Waals surface area contributed by atoms with Crippen molar-refractivity contribution in [2.45, 2.75) is 51.5 Å². The average Bonchev–Trinajstić information content (AvgIpc) is 2.33. The van der Waals surface area contributed by atoms with Crippen molar-refractivity contribution in [2.75, 3.05) is 7.05 Å². The molecule has 0 fully saturated rings. The molecule has 1 atom stereocenters. The lowest BCUT2D eigenvalue weighted by Crippen LogP contribution is -2.27. The van der Waals surface area contributed by atoms with Crippen LogP contribution in [0.5, 0.6) is 0 Å². The third kappa shape index (κ3) is 6.23. The summed E-state index contributed by atoms with van der Waals surface area (Å²) in [6.07, 6.45) is 7.80. The first-order valence-electron chi connectivity index (χ1n) is 6.68. The van der Waals surface area contributed by atoms with Gasteiger partial charge in [-0.2, -0.15) is 0 Å². The van der Waals surface area contributed by atoms with E-state index < -0.39 is 0 Å². The Morgan fingerprint density at radius 3 is 2.71 bits per heavy atom. The lowest BCUT2D eigenvalue weighted by atomic mass is 10.0. The summed E-state index contributed by atoms with van der Waals surface area (Å²) in [5.74, 6) is 0. The predicted molar refractivity (Wildman–Crippen MR) is 79.5 cm³/mol. The maximum Gasteiger partial charge on any atom is 0.0178 e. The molecule has 96 valence electrons. The number of halogens is 1. The highest BCUT2D eigenvalue weighted by Gasteiger charge is 2.07. The van der Waals surface area contributed by atoms with Crippen LogP contribution in [0.1, 0.15) is 44.6 Å². The summed E-state index contributed by atoms with van der Waals surface area (Å²) in [6, 6.07) is 9.24. The van der Waals surface area contributed by atoms with Crippen LogP contribution < -0.4 is 5.32 Å². The van der Waals surface area contributed by atoms with Crippen LogP contribution in [-0.2, 0) is 6.42 Å². The second kappa shape index (κ2) is 8.71. The van der Waals surface area contributed by atoms with Gasteiger partial charge in [0, 0.05) is 10.5 Å².